The molecular weight excluding hydrogens is 196 g/mol. The number of rotatable bonds is 0. The highest BCUT2D eigenvalue weighted by molar-refractivity contribution is 8.11. The van der Waals surface area contributed by atoms with Crippen molar-refractivity contribution in [1.82, 2.24) is 0 Å². The van der Waals surface area contributed by atoms with Crippen molar-refractivity contribution in [2.24, 2.45) is 10.1 Å². The number of aliphatic imine (C=N–C) groups is 1. The normalized spacial score (nSPS) is 21.4. The maximum atomic E-state index is 5.45. The zero-order chi connectivity index (χ0) is 10.1. The summed E-state index contributed by atoms with van der Waals surface area (Å²) in [7, 11) is 0. The zero-order valence-corrected chi connectivity index (χ0v) is 9.52. The predicted octanol–water partition coefficient (Wildman–Crippen LogP) is 2.71. The van der Waals surface area contributed by atoms with E-state index in [4.69, 9.17) is 9.88 Å². The fraction of sp³-hybridized carbons (Fsp3) is 0.900. The molecule has 1 heterocycles. The largest absolute Gasteiger partial charge is 0.472 e. The van der Waals surface area contributed by atoms with Crippen LogP contribution in [-0.4, -0.2) is 18.4 Å². The highest BCUT2D eigenvalue weighted by Gasteiger charge is 2.00. The molecule has 2 N–H and O–H groups in total. The summed E-state index contributed by atoms with van der Waals surface area (Å²) in [6.07, 6.45) is 8.89. The average molecular weight is 216 g/mol. The molecule has 4 heteroatoms. The average Bonchev–Trinajstić information content (AvgIpc) is 2.19. The van der Waals surface area contributed by atoms with E-state index in [0.717, 1.165) is 37.9 Å². The summed E-state index contributed by atoms with van der Waals surface area (Å²) in [4.78, 5) is 4.31. The number of hydrogen-bond acceptors (Lipinski definition) is 4. The summed E-state index contributed by atoms with van der Waals surface area (Å²) in [5.41, 5.74) is 0. The van der Waals surface area contributed by atoms with E-state index in [9.17, 15) is 0 Å². The lowest BCUT2D eigenvalue weighted by Crippen LogP contribution is -2.06. The van der Waals surface area contributed by atoms with E-state index in [2.05, 4.69) is 4.99 Å². The molecule has 0 saturated heterocycles. The van der Waals surface area contributed by atoms with Crippen LogP contribution in [0.1, 0.15) is 44.9 Å². The second-order valence-electron chi connectivity index (χ2n) is 3.59. The van der Waals surface area contributed by atoms with Gasteiger partial charge in [0.15, 0.2) is 0 Å². The van der Waals surface area contributed by atoms with Gasteiger partial charge in [0.2, 0.25) is 0 Å². The Bertz CT molecular complexity index is 174. The van der Waals surface area contributed by atoms with Gasteiger partial charge in [0, 0.05) is 18.5 Å². The van der Waals surface area contributed by atoms with Gasteiger partial charge in [0.05, 0.1) is 6.61 Å². The first-order valence-electron chi connectivity index (χ1n) is 5.47. The van der Waals surface area contributed by atoms with Crippen LogP contribution >= 0.6 is 11.9 Å². The number of ether oxygens (including phenoxy) is 1. The maximum Gasteiger partial charge on any atom is 0.261 e. The number of nitrogens with two attached hydrogens (primary N) is 1. The van der Waals surface area contributed by atoms with Gasteiger partial charge in [0.1, 0.15) is 0 Å². The van der Waals surface area contributed by atoms with Crippen LogP contribution in [0.25, 0.3) is 0 Å². The molecule has 0 amide bonds. The molecule has 0 aromatic carbocycles. The topological polar surface area (TPSA) is 47.6 Å². The van der Waals surface area contributed by atoms with E-state index in [-0.39, 0.29) is 0 Å². The highest BCUT2D eigenvalue weighted by atomic mass is 32.2. The smallest absolute Gasteiger partial charge is 0.261 e. The Morgan fingerprint density at radius 2 is 1.64 bits per heavy atom. The highest BCUT2D eigenvalue weighted by Crippen LogP contribution is 2.10. The van der Waals surface area contributed by atoms with Crippen molar-refractivity contribution in [3.63, 3.8) is 0 Å². The van der Waals surface area contributed by atoms with Crippen LogP contribution in [0.4, 0.5) is 0 Å². The summed E-state index contributed by atoms with van der Waals surface area (Å²) >= 11 is 1.12. The molecule has 0 unspecified atom stereocenters. The maximum absolute atomic E-state index is 5.45. The molecule has 3 nitrogen and oxygen atoms in total. The standard InChI is InChI=1S/C10H20N2OS/c11-14-10-12-8-6-4-2-1-3-5-7-9-13-10/h1-9,11H2. The van der Waals surface area contributed by atoms with Crippen molar-refractivity contribution >= 4 is 17.2 Å². The fourth-order valence-electron chi connectivity index (χ4n) is 1.54. The second kappa shape index (κ2) is 8.12. The first-order chi connectivity index (χ1) is 6.93. The van der Waals surface area contributed by atoms with Crippen LogP contribution in [0.3, 0.4) is 0 Å². The van der Waals surface area contributed by atoms with Crippen LogP contribution in [0.5, 0.6) is 0 Å². The van der Waals surface area contributed by atoms with E-state index in [1.54, 1.807) is 0 Å². The molecule has 0 bridgehead atoms. The third kappa shape index (κ3) is 5.50. The van der Waals surface area contributed by atoms with Crippen LogP contribution < -0.4 is 5.14 Å². The summed E-state index contributed by atoms with van der Waals surface area (Å²) in [5, 5.41) is 6.10. The molecule has 0 atom stereocenters. The Labute approximate surface area is 90.6 Å². The SMILES string of the molecule is NSC1=NCCCCCCCCCO1. The summed E-state index contributed by atoms with van der Waals surface area (Å²) in [6, 6.07) is 0. The van der Waals surface area contributed by atoms with Crippen molar-refractivity contribution in [2.75, 3.05) is 13.2 Å². The third-order valence-corrected chi connectivity index (χ3v) is 2.82. The van der Waals surface area contributed by atoms with Crippen LogP contribution in [0.15, 0.2) is 4.99 Å². The lowest BCUT2D eigenvalue weighted by molar-refractivity contribution is 0.298. The molecule has 0 fully saturated rings. The molecule has 0 radical (unpaired) electrons. The van der Waals surface area contributed by atoms with Crippen LogP contribution in [-0.2, 0) is 4.74 Å². The Morgan fingerprint density at radius 1 is 1.00 bits per heavy atom. The second-order valence-corrected chi connectivity index (χ2v) is 4.17. The minimum atomic E-state index is 0.658. The first-order valence-corrected chi connectivity index (χ1v) is 6.35. The minimum absolute atomic E-state index is 0.658. The Hall–Kier alpha value is -0.220. The van der Waals surface area contributed by atoms with E-state index < -0.39 is 0 Å². The molecular formula is C10H20N2OS. The zero-order valence-electron chi connectivity index (χ0n) is 8.71. The molecule has 0 aliphatic carbocycles. The molecule has 1 aliphatic heterocycles. The van der Waals surface area contributed by atoms with Crippen molar-refractivity contribution < 1.29 is 4.74 Å². The molecule has 1 aliphatic rings. The van der Waals surface area contributed by atoms with Crippen molar-refractivity contribution in [1.29, 1.82) is 0 Å². The van der Waals surface area contributed by atoms with Gasteiger partial charge in [0.25, 0.3) is 5.23 Å². The first kappa shape index (κ1) is 11.9. The van der Waals surface area contributed by atoms with Crippen molar-refractivity contribution in [2.45, 2.75) is 44.9 Å². The van der Waals surface area contributed by atoms with Gasteiger partial charge in [-0.05, 0) is 12.8 Å². The minimum Gasteiger partial charge on any atom is -0.472 e. The van der Waals surface area contributed by atoms with E-state index in [1.807, 2.05) is 0 Å². The van der Waals surface area contributed by atoms with E-state index in [0.29, 0.717) is 5.23 Å². The number of hydrogen-bond donors (Lipinski definition) is 1. The molecule has 0 saturated carbocycles. The van der Waals surface area contributed by atoms with E-state index in [1.165, 1.54) is 32.1 Å². The quantitative estimate of drug-likeness (QED) is 0.633. The molecule has 82 valence electrons. The predicted molar refractivity (Wildman–Crippen MR) is 62.4 cm³/mol. The molecule has 0 aromatic heterocycles. The Kier molecular flexibility index (Phi) is 6.87. The van der Waals surface area contributed by atoms with Gasteiger partial charge in [-0.25, -0.2) is 4.99 Å². The van der Waals surface area contributed by atoms with Crippen LogP contribution in [0.2, 0.25) is 0 Å². The van der Waals surface area contributed by atoms with Gasteiger partial charge in [-0.3, -0.25) is 5.14 Å². The summed E-state index contributed by atoms with van der Waals surface area (Å²) in [5.74, 6) is 0. The Morgan fingerprint density at radius 3 is 2.36 bits per heavy atom. The molecule has 0 aromatic rings. The molecule has 14 heavy (non-hydrogen) atoms. The van der Waals surface area contributed by atoms with Gasteiger partial charge < -0.3 is 4.74 Å². The van der Waals surface area contributed by atoms with Gasteiger partial charge in [-0.1, -0.05) is 32.1 Å². The van der Waals surface area contributed by atoms with Gasteiger partial charge in [-0.15, -0.1) is 0 Å². The van der Waals surface area contributed by atoms with Crippen molar-refractivity contribution in [3.05, 3.63) is 0 Å². The summed E-state index contributed by atoms with van der Waals surface area (Å²) in [6.45, 7) is 1.63. The van der Waals surface area contributed by atoms with Gasteiger partial charge in [-0.2, -0.15) is 0 Å². The third-order valence-electron chi connectivity index (χ3n) is 2.37. The lowest BCUT2D eigenvalue weighted by Gasteiger charge is -2.08. The van der Waals surface area contributed by atoms with Crippen LogP contribution in [0, 0.1) is 0 Å². The Balaban J connectivity index is 2.29. The monoisotopic (exact) mass is 216 g/mol. The molecule has 0 spiro atoms. The number of nitrogens with zero attached hydrogens (tertiary/aromatic N) is 1. The fourth-order valence-corrected chi connectivity index (χ4v) is 1.86. The van der Waals surface area contributed by atoms with E-state index >= 15 is 0 Å². The molecule has 1 rings (SSSR count). The lowest BCUT2D eigenvalue weighted by atomic mass is 10.1. The summed E-state index contributed by atoms with van der Waals surface area (Å²) < 4.78 is 5.45. The van der Waals surface area contributed by atoms with Gasteiger partial charge >= 0.3 is 0 Å². The van der Waals surface area contributed by atoms with Crippen molar-refractivity contribution in [3.8, 4) is 0 Å².